The molecule has 0 spiro atoms. The van der Waals surface area contributed by atoms with Gasteiger partial charge in [0.15, 0.2) is 11.3 Å². The maximum Gasteiger partial charge on any atom is 0.181 e. The average Bonchev–Trinajstić information content (AvgIpc) is 2.78. The number of aromatic nitrogens is 4. The van der Waals surface area contributed by atoms with E-state index in [1.807, 2.05) is 25.4 Å². The van der Waals surface area contributed by atoms with E-state index >= 15 is 0 Å². The second-order valence-electron chi connectivity index (χ2n) is 4.08. The van der Waals surface area contributed by atoms with Crippen LogP contribution in [0.5, 0.6) is 0 Å². The van der Waals surface area contributed by atoms with Crippen molar-refractivity contribution < 1.29 is 0 Å². The number of nitrogens with zero attached hydrogens (tertiary/aromatic N) is 5. The molecule has 0 amide bonds. The summed E-state index contributed by atoms with van der Waals surface area (Å²) in [4.78, 5) is 8.48. The third-order valence-corrected chi connectivity index (χ3v) is 3.03. The van der Waals surface area contributed by atoms with Gasteiger partial charge in [0.05, 0.1) is 10.7 Å². The van der Waals surface area contributed by atoms with Crippen molar-refractivity contribution in [3.63, 3.8) is 0 Å². The van der Waals surface area contributed by atoms with Crippen LogP contribution < -0.4 is 0 Å². The van der Waals surface area contributed by atoms with Gasteiger partial charge >= 0.3 is 0 Å². The van der Waals surface area contributed by atoms with Crippen LogP contribution in [-0.2, 0) is 7.05 Å². The number of nitriles is 1. The van der Waals surface area contributed by atoms with Crippen LogP contribution >= 0.6 is 11.6 Å². The lowest BCUT2D eigenvalue weighted by molar-refractivity contribution is 0.776. The molecule has 0 radical (unpaired) electrons. The predicted octanol–water partition coefficient (Wildman–Crippen LogP) is 2.56. The molecule has 0 aromatic carbocycles. The van der Waals surface area contributed by atoms with E-state index in [0.717, 1.165) is 10.9 Å². The van der Waals surface area contributed by atoms with Crippen molar-refractivity contribution in [3.8, 4) is 17.3 Å². The number of pyridine rings is 2. The summed E-state index contributed by atoms with van der Waals surface area (Å²) in [6, 6.07) is 7.33. The van der Waals surface area contributed by atoms with Crippen LogP contribution in [0, 0.1) is 11.3 Å². The quantitative estimate of drug-likeness (QED) is 0.681. The number of halogens is 1. The van der Waals surface area contributed by atoms with Crippen molar-refractivity contribution >= 4 is 22.6 Å². The van der Waals surface area contributed by atoms with E-state index in [1.54, 1.807) is 23.0 Å². The highest BCUT2D eigenvalue weighted by Gasteiger charge is 2.07. The first kappa shape index (κ1) is 11.6. The average molecular weight is 270 g/mol. The molecule has 0 saturated carbocycles. The van der Waals surface area contributed by atoms with Gasteiger partial charge in [0, 0.05) is 30.4 Å². The van der Waals surface area contributed by atoms with Crippen LogP contribution in [0.4, 0.5) is 0 Å². The highest BCUT2D eigenvalue weighted by molar-refractivity contribution is 6.31. The summed E-state index contributed by atoms with van der Waals surface area (Å²) >= 11 is 5.87. The largest absolute Gasteiger partial charge is 0.273 e. The molecule has 3 rings (SSSR count). The SMILES string of the molecule is Cn1cc2cc(-c3ccc(Cl)c(C#N)n3)cnc2n1. The van der Waals surface area contributed by atoms with E-state index in [0.29, 0.717) is 16.4 Å². The standard InChI is InChI=1S/C13H8ClN5/c1-19-7-9-4-8(6-16-13(9)18-19)11-3-2-10(14)12(5-15)17-11/h2-4,6-7H,1H3. The minimum Gasteiger partial charge on any atom is -0.273 e. The lowest BCUT2D eigenvalue weighted by Gasteiger charge is -2.01. The van der Waals surface area contributed by atoms with Gasteiger partial charge in [0.2, 0.25) is 0 Å². The molecule has 0 aliphatic heterocycles. The number of aryl methyl sites for hydroxylation is 1. The van der Waals surface area contributed by atoms with Crippen LogP contribution in [0.15, 0.2) is 30.6 Å². The summed E-state index contributed by atoms with van der Waals surface area (Å²) in [6.07, 6.45) is 3.57. The molecule has 0 fully saturated rings. The molecule has 92 valence electrons. The lowest BCUT2D eigenvalue weighted by Crippen LogP contribution is -1.90. The fourth-order valence-electron chi connectivity index (χ4n) is 1.85. The third kappa shape index (κ3) is 2.02. The fourth-order valence-corrected chi connectivity index (χ4v) is 2.00. The fraction of sp³-hybridized carbons (Fsp3) is 0.0769. The second kappa shape index (κ2) is 4.34. The van der Waals surface area contributed by atoms with Crippen molar-refractivity contribution in [2.75, 3.05) is 0 Å². The zero-order valence-electron chi connectivity index (χ0n) is 10.0. The van der Waals surface area contributed by atoms with Crippen LogP contribution in [0.1, 0.15) is 5.69 Å². The van der Waals surface area contributed by atoms with Gasteiger partial charge in [-0.25, -0.2) is 9.97 Å². The molecule has 0 bridgehead atoms. The lowest BCUT2D eigenvalue weighted by atomic mass is 10.1. The monoisotopic (exact) mass is 269 g/mol. The van der Waals surface area contributed by atoms with Crippen LogP contribution in [0.2, 0.25) is 5.02 Å². The number of hydrogen-bond donors (Lipinski definition) is 0. The second-order valence-corrected chi connectivity index (χ2v) is 4.49. The summed E-state index contributed by atoms with van der Waals surface area (Å²) in [5, 5.41) is 14.4. The Kier molecular flexibility index (Phi) is 2.65. The Bertz CT molecular complexity index is 816. The molecule has 5 nitrogen and oxygen atoms in total. The van der Waals surface area contributed by atoms with Crippen LogP contribution in [0.25, 0.3) is 22.3 Å². The zero-order valence-corrected chi connectivity index (χ0v) is 10.8. The molecular weight excluding hydrogens is 262 g/mol. The van der Waals surface area contributed by atoms with Gasteiger partial charge < -0.3 is 0 Å². The van der Waals surface area contributed by atoms with Gasteiger partial charge in [-0.2, -0.15) is 10.4 Å². The number of fused-ring (bicyclic) bond motifs is 1. The normalized spacial score (nSPS) is 10.6. The highest BCUT2D eigenvalue weighted by Crippen LogP contribution is 2.23. The molecule has 3 heterocycles. The molecule has 0 unspecified atom stereocenters. The van der Waals surface area contributed by atoms with E-state index < -0.39 is 0 Å². The highest BCUT2D eigenvalue weighted by atomic mass is 35.5. The van der Waals surface area contributed by atoms with Crippen LogP contribution in [-0.4, -0.2) is 19.7 Å². The van der Waals surface area contributed by atoms with E-state index in [2.05, 4.69) is 15.1 Å². The first-order chi connectivity index (χ1) is 9.17. The molecule has 19 heavy (non-hydrogen) atoms. The number of hydrogen-bond acceptors (Lipinski definition) is 4. The maximum absolute atomic E-state index is 8.94. The van der Waals surface area contributed by atoms with Crippen molar-refractivity contribution in [3.05, 3.63) is 41.3 Å². The predicted molar refractivity (Wildman–Crippen MR) is 71.5 cm³/mol. The van der Waals surface area contributed by atoms with Gasteiger partial charge in [-0.05, 0) is 18.2 Å². The molecule has 0 saturated heterocycles. The Balaban J connectivity index is 2.16. The molecule has 0 aliphatic carbocycles. The van der Waals surface area contributed by atoms with Crippen molar-refractivity contribution in [2.24, 2.45) is 7.05 Å². The molecule has 0 atom stereocenters. The third-order valence-electron chi connectivity index (χ3n) is 2.72. The molecule has 3 aromatic rings. The Morgan fingerprint density at radius 1 is 1.37 bits per heavy atom. The van der Waals surface area contributed by atoms with Crippen molar-refractivity contribution in [1.82, 2.24) is 19.7 Å². The number of rotatable bonds is 1. The van der Waals surface area contributed by atoms with Crippen molar-refractivity contribution in [1.29, 1.82) is 5.26 Å². The van der Waals surface area contributed by atoms with Gasteiger partial charge in [0.25, 0.3) is 0 Å². The Hall–Kier alpha value is -2.45. The Morgan fingerprint density at radius 2 is 2.21 bits per heavy atom. The van der Waals surface area contributed by atoms with E-state index in [9.17, 15) is 0 Å². The first-order valence-electron chi connectivity index (χ1n) is 5.54. The summed E-state index contributed by atoms with van der Waals surface area (Å²) in [6.45, 7) is 0. The molecule has 6 heteroatoms. The van der Waals surface area contributed by atoms with Gasteiger partial charge in [-0.15, -0.1) is 0 Å². The minimum absolute atomic E-state index is 0.213. The van der Waals surface area contributed by atoms with E-state index in [4.69, 9.17) is 16.9 Å². The molecular formula is C13H8ClN5. The zero-order chi connectivity index (χ0) is 13.4. The van der Waals surface area contributed by atoms with Crippen LogP contribution in [0.3, 0.4) is 0 Å². The Morgan fingerprint density at radius 3 is 3.00 bits per heavy atom. The summed E-state index contributed by atoms with van der Waals surface area (Å²) in [5.41, 5.74) is 2.39. The van der Waals surface area contributed by atoms with E-state index in [1.165, 1.54) is 0 Å². The summed E-state index contributed by atoms with van der Waals surface area (Å²) in [7, 11) is 1.84. The smallest absolute Gasteiger partial charge is 0.181 e. The van der Waals surface area contributed by atoms with Gasteiger partial charge in [-0.1, -0.05) is 11.6 Å². The topological polar surface area (TPSA) is 67.4 Å². The van der Waals surface area contributed by atoms with E-state index in [-0.39, 0.29) is 5.69 Å². The molecule has 0 N–H and O–H groups in total. The van der Waals surface area contributed by atoms with Crippen molar-refractivity contribution in [2.45, 2.75) is 0 Å². The molecule has 3 aromatic heterocycles. The molecule has 0 aliphatic rings. The van der Waals surface area contributed by atoms with Gasteiger partial charge in [-0.3, -0.25) is 4.68 Å². The Labute approximate surface area is 114 Å². The summed E-state index contributed by atoms with van der Waals surface area (Å²) < 4.78 is 1.71. The summed E-state index contributed by atoms with van der Waals surface area (Å²) in [5.74, 6) is 0. The minimum atomic E-state index is 0.213. The maximum atomic E-state index is 8.94. The van der Waals surface area contributed by atoms with Gasteiger partial charge in [0.1, 0.15) is 6.07 Å². The first-order valence-corrected chi connectivity index (χ1v) is 5.91.